The molecule has 0 spiro atoms. The quantitative estimate of drug-likeness (QED) is 0.0462. The standard InChI is InChI=1S/C29H32N4O5.C23H22N2O2/c1-29(2,3)38-28(36)32-31-26(34)33(20-11-5-4-6-12-20)18-17-30-27(35)37-19-25-23-15-9-7-13-21(23)22-14-8-10-16-24(22)25;26-23(25-15-14-24-17-8-2-1-3-9-17)27-16-22-20-12-6-4-10-18(20)19-11-5-7-13-21(19)22/h4-16,25H,17-19H2,1-3H3,(H,30,35)(H,31,34)(H,32,36);1-13,22,24H,14-16H2,(H,25,26). The molecule has 0 aliphatic heterocycles. The Balaban J connectivity index is 0.000000205. The molecular weight excluding hydrogens is 821 g/mol. The van der Waals surface area contributed by atoms with Gasteiger partial charge in [0, 0.05) is 49.4 Å². The summed E-state index contributed by atoms with van der Waals surface area (Å²) in [5, 5.41) is 8.76. The normalized spacial score (nSPS) is 12.1. The third-order valence-corrected chi connectivity index (χ3v) is 10.8. The fourth-order valence-electron chi connectivity index (χ4n) is 7.93. The number of hydrogen-bond acceptors (Lipinski definition) is 8. The summed E-state index contributed by atoms with van der Waals surface area (Å²) in [7, 11) is 0. The van der Waals surface area contributed by atoms with Crippen molar-refractivity contribution in [2.24, 2.45) is 0 Å². The van der Waals surface area contributed by atoms with Gasteiger partial charge >= 0.3 is 24.3 Å². The minimum atomic E-state index is -0.782. The van der Waals surface area contributed by atoms with Crippen LogP contribution in [-0.2, 0) is 14.2 Å². The van der Waals surface area contributed by atoms with Crippen LogP contribution in [0.5, 0.6) is 0 Å². The van der Waals surface area contributed by atoms with Crippen LogP contribution < -0.4 is 31.7 Å². The van der Waals surface area contributed by atoms with Gasteiger partial charge < -0.3 is 30.2 Å². The molecule has 334 valence electrons. The zero-order chi connectivity index (χ0) is 45.6. The predicted molar refractivity (Wildman–Crippen MR) is 253 cm³/mol. The number of anilines is 2. The maximum absolute atomic E-state index is 12.8. The molecule has 0 bridgehead atoms. The lowest BCUT2D eigenvalue weighted by Gasteiger charge is -2.24. The molecule has 0 unspecified atom stereocenters. The number of hydrazine groups is 1. The summed E-state index contributed by atoms with van der Waals surface area (Å²) < 4.78 is 16.2. The van der Waals surface area contributed by atoms with Crippen LogP contribution in [0.4, 0.5) is 30.6 Å². The van der Waals surface area contributed by atoms with Crippen LogP contribution in [0.1, 0.15) is 54.9 Å². The molecule has 0 atom stereocenters. The first-order chi connectivity index (χ1) is 31.6. The average molecular weight is 875 g/mol. The third kappa shape index (κ3) is 12.0. The number of amides is 5. The Morgan fingerprint density at radius 3 is 1.37 bits per heavy atom. The summed E-state index contributed by atoms with van der Waals surface area (Å²) >= 11 is 0. The van der Waals surface area contributed by atoms with Crippen molar-refractivity contribution in [3.63, 3.8) is 0 Å². The van der Waals surface area contributed by atoms with E-state index in [1.54, 1.807) is 45.0 Å². The smallest absolute Gasteiger partial charge is 0.426 e. The number of ether oxygens (including phenoxy) is 3. The number of carbonyl (C=O) groups excluding carboxylic acids is 4. The van der Waals surface area contributed by atoms with Crippen molar-refractivity contribution in [3.8, 4) is 22.3 Å². The van der Waals surface area contributed by atoms with Gasteiger partial charge in [-0.1, -0.05) is 133 Å². The highest BCUT2D eigenvalue weighted by Gasteiger charge is 2.30. The van der Waals surface area contributed by atoms with Crippen molar-refractivity contribution in [1.82, 2.24) is 21.5 Å². The van der Waals surface area contributed by atoms with Crippen molar-refractivity contribution in [1.29, 1.82) is 0 Å². The highest BCUT2D eigenvalue weighted by Crippen LogP contribution is 2.45. The molecule has 0 fully saturated rings. The fraction of sp³-hybridized carbons (Fsp3) is 0.231. The van der Waals surface area contributed by atoms with E-state index < -0.39 is 23.8 Å². The van der Waals surface area contributed by atoms with Crippen LogP contribution in [0, 0.1) is 0 Å². The van der Waals surface area contributed by atoms with Crippen LogP contribution in [0.15, 0.2) is 158 Å². The van der Waals surface area contributed by atoms with Gasteiger partial charge in [0.1, 0.15) is 18.8 Å². The Bertz CT molecular complexity index is 2470. The maximum Gasteiger partial charge on any atom is 0.426 e. The van der Waals surface area contributed by atoms with E-state index in [9.17, 15) is 19.2 Å². The molecule has 5 amide bonds. The first-order valence-corrected chi connectivity index (χ1v) is 21.6. The number of fused-ring (bicyclic) bond motifs is 6. The number of carbonyl (C=O) groups is 4. The SMILES string of the molecule is CC(C)(C)OC(=O)NNC(=O)N(CCNC(=O)OCC1c2ccccc2-c2ccccc21)c1ccccc1.O=C(NCCNc1ccccc1)OCC1c2ccccc2-c2ccccc21. The lowest BCUT2D eigenvalue weighted by Crippen LogP contribution is -2.51. The van der Waals surface area contributed by atoms with Crippen LogP contribution in [0.25, 0.3) is 22.3 Å². The zero-order valence-corrected chi connectivity index (χ0v) is 36.7. The molecule has 6 aromatic carbocycles. The lowest BCUT2D eigenvalue weighted by molar-refractivity contribution is 0.0505. The molecule has 0 heterocycles. The van der Waals surface area contributed by atoms with E-state index in [1.165, 1.54) is 27.2 Å². The highest BCUT2D eigenvalue weighted by atomic mass is 16.6. The van der Waals surface area contributed by atoms with Gasteiger partial charge in [-0.15, -0.1) is 0 Å². The number of benzene rings is 6. The summed E-state index contributed by atoms with van der Waals surface area (Å²) in [5.41, 5.74) is 15.0. The van der Waals surface area contributed by atoms with Crippen molar-refractivity contribution in [2.45, 2.75) is 38.2 Å². The number of para-hydroxylation sites is 2. The summed E-state index contributed by atoms with van der Waals surface area (Å²) in [4.78, 5) is 50.7. The number of rotatable bonds is 12. The Morgan fingerprint density at radius 1 is 0.492 bits per heavy atom. The van der Waals surface area contributed by atoms with Crippen molar-refractivity contribution in [2.75, 3.05) is 49.6 Å². The van der Waals surface area contributed by atoms with E-state index in [0.717, 1.165) is 27.9 Å². The van der Waals surface area contributed by atoms with Crippen molar-refractivity contribution >= 4 is 35.7 Å². The lowest BCUT2D eigenvalue weighted by atomic mass is 9.98. The predicted octanol–water partition coefficient (Wildman–Crippen LogP) is 9.82. The summed E-state index contributed by atoms with van der Waals surface area (Å²) in [6, 6.07) is 51.1. The van der Waals surface area contributed by atoms with E-state index in [0.29, 0.717) is 25.4 Å². The van der Waals surface area contributed by atoms with Gasteiger partial charge in [-0.2, -0.15) is 0 Å². The van der Waals surface area contributed by atoms with E-state index >= 15 is 0 Å². The molecule has 65 heavy (non-hydrogen) atoms. The van der Waals surface area contributed by atoms with E-state index in [4.69, 9.17) is 14.2 Å². The van der Waals surface area contributed by atoms with Gasteiger partial charge in [0.2, 0.25) is 0 Å². The monoisotopic (exact) mass is 874 g/mol. The Morgan fingerprint density at radius 2 is 0.908 bits per heavy atom. The molecule has 6 aromatic rings. The fourth-order valence-corrected chi connectivity index (χ4v) is 7.93. The van der Waals surface area contributed by atoms with Crippen LogP contribution in [0.2, 0.25) is 0 Å². The van der Waals surface area contributed by atoms with Crippen molar-refractivity contribution < 1.29 is 33.4 Å². The second-order valence-electron chi connectivity index (χ2n) is 16.3. The molecule has 0 saturated heterocycles. The van der Waals surface area contributed by atoms with Crippen LogP contribution >= 0.6 is 0 Å². The average Bonchev–Trinajstić information content (AvgIpc) is 3.82. The Kier molecular flexibility index (Phi) is 15.0. The number of nitrogens with one attached hydrogen (secondary N) is 5. The summed E-state index contributed by atoms with van der Waals surface area (Å²) in [5.74, 6) is 0.0456. The molecule has 2 aliphatic rings. The molecule has 0 aromatic heterocycles. The number of urea groups is 1. The van der Waals surface area contributed by atoms with Crippen LogP contribution in [-0.4, -0.2) is 69.3 Å². The minimum Gasteiger partial charge on any atom is -0.449 e. The highest BCUT2D eigenvalue weighted by molar-refractivity contribution is 5.93. The molecule has 0 saturated carbocycles. The third-order valence-electron chi connectivity index (χ3n) is 10.8. The zero-order valence-electron chi connectivity index (χ0n) is 36.7. The van der Waals surface area contributed by atoms with Gasteiger partial charge in [-0.05, 0) is 89.5 Å². The molecule has 13 nitrogen and oxygen atoms in total. The summed E-state index contributed by atoms with van der Waals surface area (Å²) in [6.45, 7) is 7.12. The molecule has 13 heteroatoms. The van der Waals surface area contributed by atoms with E-state index in [1.807, 2.05) is 84.9 Å². The number of alkyl carbamates (subject to hydrolysis) is 2. The first-order valence-electron chi connectivity index (χ1n) is 21.6. The first kappa shape index (κ1) is 45.2. The second kappa shape index (κ2) is 21.5. The van der Waals surface area contributed by atoms with Gasteiger partial charge in [-0.3, -0.25) is 4.90 Å². The Labute approximate surface area is 379 Å². The molecule has 8 rings (SSSR count). The maximum atomic E-state index is 12.8. The van der Waals surface area contributed by atoms with Gasteiger partial charge in [-0.25, -0.2) is 30.0 Å². The topological polar surface area (TPSA) is 159 Å². The second-order valence-corrected chi connectivity index (χ2v) is 16.3. The van der Waals surface area contributed by atoms with Gasteiger partial charge in [0.05, 0.1) is 0 Å². The van der Waals surface area contributed by atoms with Gasteiger partial charge in [0.25, 0.3) is 0 Å². The Hall–Kier alpha value is -7.80. The molecule has 2 aliphatic carbocycles. The minimum absolute atomic E-state index is 0.0429. The summed E-state index contributed by atoms with van der Waals surface area (Å²) in [6.07, 6.45) is -1.74. The molecule has 5 N–H and O–H groups in total. The van der Waals surface area contributed by atoms with E-state index in [2.05, 4.69) is 75.3 Å². The van der Waals surface area contributed by atoms with E-state index in [-0.39, 0.29) is 37.6 Å². The largest absolute Gasteiger partial charge is 0.449 e. The molecule has 0 radical (unpaired) electrons. The number of hydrogen-bond donors (Lipinski definition) is 5. The molecular formula is C52H54N6O7. The van der Waals surface area contributed by atoms with Crippen LogP contribution in [0.3, 0.4) is 0 Å². The van der Waals surface area contributed by atoms with Gasteiger partial charge in [0.15, 0.2) is 0 Å². The van der Waals surface area contributed by atoms with Crippen molar-refractivity contribution in [3.05, 3.63) is 180 Å². The number of nitrogens with zero attached hydrogens (tertiary/aromatic N) is 1.